The number of amides is 2. The van der Waals surface area contributed by atoms with Crippen LogP contribution in [0.2, 0.25) is 0 Å². The Morgan fingerprint density at radius 1 is 1.11 bits per heavy atom. The molecule has 0 radical (unpaired) electrons. The average molecular weight is 387 g/mol. The molecule has 2 N–H and O–H groups in total. The summed E-state index contributed by atoms with van der Waals surface area (Å²) in [5.74, 6) is -3.54. The second-order valence-corrected chi connectivity index (χ2v) is 6.73. The number of anilines is 2. The lowest BCUT2D eigenvalue weighted by molar-refractivity contribution is -0.136. The first-order valence-electron chi connectivity index (χ1n) is 9.39. The highest BCUT2D eigenvalue weighted by Crippen LogP contribution is 2.27. The number of hydrogen-bond acceptors (Lipinski definition) is 3. The molecule has 0 aromatic heterocycles. The molecule has 0 saturated carbocycles. The average Bonchev–Trinajstić information content (AvgIpc) is 2.69. The number of rotatable bonds is 5. The van der Waals surface area contributed by atoms with E-state index in [9.17, 15) is 18.4 Å². The van der Waals surface area contributed by atoms with Crippen molar-refractivity contribution in [3.8, 4) is 0 Å². The van der Waals surface area contributed by atoms with Gasteiger partial charge in [-0.05, 0) is 55.5 Å². The standard InChI is InChI=1S/C21H23F2N3O2/c1-2-26-11-3-4-15-12-14(5-8-19(15)26)9-10-24-20(27)21(28)25-18-7-6-16(22)13-17(18)23/h5-8,12-13H,2-4,9-11H2,1H3,(H,24,27)(H,25,28). The van der Waals surface area contributed by atoms with E-state index in [0.717, 1.165) is 43.6 Å². The SMILES string of the molecule is CCN1CCCc2cc(CCNC(=O)C(=O)Nc3ccc(F)cc3F)ccc21. The molecule has 0 spiro atoms. The van der Waals surface area contributed by atoms with Crippen molar-refractivity contribution in [3.63, 3.8) is 0 Å². The number of hydrogen-bond donors (Lipinski definition) is 2. The second kappa shape index (κ2) is 8.82. The number of nitrogens with zero attached hydrogens (tertiary/aromatic N) is 1. The Morgan fingerprint density at radius 3 is 2.68 bits per heavy atom. The molecule has 2 amide bonds. The van der Waals surface area contributed by atoms with E-state index >= 15 is 0 Å². The maximum absolute atomic E-state index is 13.5. The molecule has 7 heteroatoms. The second-order valence-electron chi connectivity index (χ2n) is 6.73. The third kappa shape index (κ3) is 4.65. The van der Waals surface area contributed by atoms with Gasteiger partial charge in [0.05, 0.1) is 5.69 Å². The Bertz CT molecular complexity index is 886. The molecule has 0 atom stereocenters. The predicted molar refractivity (Wildman–Crippen MR) is 104 cm³/mol. The van der Waals surface area contributed by atoms with Crippen molar-refractivity contribution < 1.29 is 18.4 Å². The number of fused-ring (bicyclic) bond motifs is 1. The van der Waals surface area contributed by atoms with Crippen LogP contribution in [0.3, 0.4) is 0 Å². The molecule has 5 nitrogen and oxygen atoms in total. The first kappa shape index (κ1) is 19.8. The van der Waals surface area contributed by atoms with E-state index in [1.165, 1.54) is 11.3 Å². The van der Waals surface area contributed by atoms with E-state index in [4.69, 9.17) is 0 Å². The Morgan fingerprint density at radius 2 is 1.93 bits per heavy atom. The molecule has 1 aliphatic rings. The number of aryl methyl sites for hydroxylation is 1. The van der Waals surface area contributed by atoms with Crippen LogP contribution in [0.15, 0.2) is 36.4 Å². The summed E-state index contributed by atoms with van der Waals surface area (Å²) in [6.07, 6.45) is 2.75. The molecule has 0 bridgehead atoms. The summed E-state index contributed by atoms with van der Waals surface area (Å²) in [5, 5.41) is 4.66. The molecular formula is C21H23F2N3O2. The molecule has 0 unspecified atom stereocenters. The number of halogens is 2. The van der Waals surface area contributed by atoms with Gasteiger partial charge in [-0.25, -0.2) is 8.78 Å². The Hall–Kier alpha value is -2.96. The predicted octanol–water partition coefficient (Wildman–Crippen LogP) is 3.03. The van der Waals surface area contributed by atoms with Gasteiger partial charge < -0.3 is 15.5 Å². The van der Waals surface area contributed by atoms with E-state index in [0.29, 0.717) is 12.5 Å². The van der Waals surface area contributed by atoms with Crippen LogP contribution in [0.25, 0.3) is 0 Å². The summed E-state index contributed by atoms with van der Waals surface area (Å²) < 4.78 is 26.4. The van der Waals surface area contributed by atoms with Crippen molar-refractivity contribution in [3.05, 3.63) is 59.2 Å². The molecule has 3 rings (SSSR count). The normalized spacial score (nSPS) is 13.0. The fraction of sp³-hybridized carbons (Fsp3) is 0.333. The number of nitrogens with one attached hydrogen (secondary N) is 2. The molecule has 1 aliphatic heterocycles. The molecule has 2 aromatic rings. The van der Waals surface area contributed by atoms with Crippen LogP contribution >= 0.6 is 0 Å². The van der Waals surface area contributed by atoms with Crippen LogP contribution in [-0.4, -0.2) is 31.4 Å². The fourth-order valence-electron chi connectivity index (χ4n) is 3.38. The van der Waals surface area contributed by atoms with E-state index < -0.39 is 23.4 Å². The summed E-state index contributed by atoms with van der Waals surface area (Å²) in [6.45, 7) is 4.48. The highest BCUT2D eigenvalue weighted by Gasteiger charge is 2.17. The lowest BCUT2D eigenvalue weighted by Crippen LogP contribution is -2.36. The summed E-state index contributed by atoms with van der Waals surface area (Å²) in [5.41, 5.74) is 3.42. The molecule has 0 aliphatic carbocycles. The smallest absolute Gasteiger partial charge is 0.313 e. The van der Waals surface area contributed by atoms with Gasteiger partial charge in [0, 0.05) is 31.4 Å². The van der Waals surface area contributed by atoms with E-state index in [1.807, 2.05) is 6.07 Å². The van der Waals surface area contributed by atoms with Crippen LogP contribution < -0.4 is 15.5 Å². The van der Waals surface area contributed by atoms with Gasteiger partial charge in [0.2, 0.25) is 0 Å². The minimum absolute atomic E-state index is 0.239. The maximum Gasteiger partial charge on any atom is 0.313 e. The fourth-order valence-corrected chi connectivity index (χ4v) is 3.38. The number of carbonyl (C=O) groups excluding carboxylic acids is 2. The summed E-state index contributed by atoms with van der Waals surface area (Å²) in [6, 6.07) is 9.02. The minimum atomic E-state index is -0.991. The molecule has 148 valence electrons. The van der Waals surface area contributed by atoms with Gasteiger partial charge in [0.1, 0.15) is 11.6 Å². The molecule has 0 saturated heterocycles. The molecule has 28 heavy (non-hydrogen) atoms. The molecule has 2 aromatic carbocycles. The largest absolute Gasteiger partial charge is 0.372 e. The van der Waals surface area contributed by atoms with Gasteiger partial charge in [-0.3, -0.25) is 9.59 Å². The third-order valence-electron chi connectivity index (χ3n) is 4.83. The van der Waals surface area contributed by atoms with Crippen molar-refractivity contribution in [2.75, 3.05) is 29.9 Å². The zero-order chi connectivity index (χ0) is 20.1. The van der Waals surface area contributed by atoms with Crippen molar-refractivity contribution in [2.45, 2.75) is 26.2 Å². The van der Waals surface area contributed by atoms with Crippen molar-refractivity contribution in [1.82, 2.24) is 5.32 Å². The van der Waals surface area contributed by atoms with Gasteiger partial charge in [-0.15, -0.1) is 0 Å². The van der Waals surface area contributed by atoms with Crippen LogP contribution in [-0.2, 0) is 22.4 Å². The number of benzene rings is 2. The Kier molecular flexibility index (Phi) is 6.23. The van der Waals surface area contributed by atoms with Crippen LogP contribution in [0.5, 0.6) is 0 Å². The lowest BCUT2D eigenvalue weighted by Gasteiger charge is -2.30. The molecule has 0 fully saturated rings. The highest BCUT2D eigenvalue weighted by molar-refractivity contribution is 6.39. The van der Waals surface area contributed by atoms with Crippen LogP contribution in [0.1, 0.15) is 24.5 Å². The van der Waals surface area contributed by atoms with E-state index in [2.05, 4.69) is 34.6 Å². The van der Waals surface area contributed by atoms with E-state index in [1.54, 1.807) is 0 Å². The monoisotopic (exact) mass is 387 g/mol. The highest BCUT2D eigenvalue weighted by atomic mass is 19.1. The summed E-state index contributed by atoms with van der Waals surface area (Å²) >= 11 is 0. The van der Waals surface area contributed by atoms with Gasteiger partial charge in [-0.1, -0.05) is 12.1 Å². The van der Waals surface area contributed by atoms with Gasteiger partial charge in [0.15, 0.2) is 0 Å². The van der Waals surface area contributed by atoms with Gasteiger partial charge >= 0.3 is 11.8 Å². The van der Waals surface area contributed by atoms with Gasteiger partial charge in [0.25, 0.3) is 0 Å². The number of carbonyl (C=O) groups is 2. The Balaban J connectivity index is 1.52. The topological polar surface area (TPSA) is 61.4 Å². The van der Waals surface area contributed by atoms with Crippen molar-refractivity contribution in [1.29, 1.82) is 0 Å². The molecule has 1 heterocycles. The first-order chi connectivity index (χ1) is 13.5. The minimum Gasteiger partial charge on any atom is -0.372 e. The third-order valence-corrected chi connectivity index (χ3v) is 4.83. The zero-order valence-corrected chi connectivity index (χ0v) is 15.7. The van der Waals surface area contributed by atoms with Crippen LogP contribution in [0.4, 0.5) is 20.2 Å². The van der Waals surface area contributed by atoms with Crippen LogP contribution in [0, 0.1) is 11.6 Å². The van der Waals surface area contributed by atoms with Gasteiger partial charge in [-0.2, -0.15) is 0 Å². The summed E-state index contributed by atoms with van der Waals surface area (Å²) in [4.78, 5) is 26.1. The van der Waals surface area contributed by atoms with Crippen molar-refractivity contribution >= 4 is 23.2 Å². The first-order valence-corrected chi connectivity index (χ1v) is 9.39. The maximum atomic E-state index is 13.5. The Labute approximate surface area is 162 Å². The molecular weight excluding hydrogens is 364 g/mol. The zero-order valence-electron chi connectivity index (χ0n) is 15.7. The lowest BCUT2D eigenvalue weighted by atomic mass is 9.98. The van der Waals surface area contributed by atoms with E-state index in [-0.39, 0.29) is 12.2 Å². The quantitative estimate of drug-likeness (QED) is 0.776. The van der Waals surface area contributed by atoms with Crippen molar-refractivity contribution in [2.24, 2.45) is 0 Å². The summed E-state index contributed by atoms with van der Waals surface area (Å²) in [7, 11) is 0.